The molecule has 1 N–H and O–H groups in total. The van der Waals surface area contributed by atoms with Crippen LogP contribution in [0, 0.1) is 11.3 Å². The lowest BCUT2D eigenvalue weighted by Gasteiger charge is -2.09. The van der Waals surface area contributed by atoms with E-state index in [2.05, 4.69) is 5.32 Å². The topological polar surface area (TPSA) is 62.1 Å². The third-order valence-corrected chi connectivity index (χ3v) is 1.60. The minimum absolute atomic E-state index is 0.150. The third kappa shape index (κ3) is 3.69. The number of nitrogens with one attached hydrogen (secondary N) is 1. The van der Waals surface area contributed by atoms with Gasteiger partial charge in [0.15, 0.2) is 0 Å². The van der Waals surface area contributed by atoms with Crippen LogP contribution in [0.1, 0.15) is 19.4 Å². The quantitative estimate of drug-likeness (QED) is 0.805. The number of hydrogen-bond acceptors (Lipinski definition) is 3. The Kier molecular flexibility index (Phi) is 3.69. The Morgan fingerprint density at radius 1 is 1.40 bits per heavy atom. The Labute approximate surface area is 88.5 Å². The van der Waals surface area contributed by atoms with Crippen LogP contribution in [0.2, 0.25) is 0 Å². The summed E-state index contributed by atoms with van der Waals surface area (Å²) in [6, 6.07) is 8.56. The molecular formula is C11H12N2O2. The maximum atomic E-state index is 11.2. The largest absolute Gasteiger partial charge is 0.447 e. The first kappa shape index (κ1) is 11.1. The Hall–Kier alpha value is -2.02. The van der Waals surface area contributed by atoms with E-state index in [-0.39, 0.29) is 6.10 Å². The summed E-state index contributed by atoms with van der Waals surface area (Å²) in [4.78, 5) is 11.2. The second-order valence-corrected chi connectivity index (χ2v) is 3.27. The van der Waals surface area contributed by atoms with Gasteiger partial charge in [-0.2, -0.15) is 5.26 Å². The van der Waals surface area contributed by atoms with Gasteiger partial charge in [0.2, 0.25) is 0 Å². The predicted molar refractivity (Wildman–Crippen MR) is 56.4 cm³/mol. The lowest BCUT2D eigenvalue weighted by molar-refractivity contribution is 0.130. The molecule has 78 valence electrons. The molecule has 1 aromatic rings. The fourth-order valence-corrected chi connectivity index (χ4v) is 0.989. The Morgan fingerprint density at radius 2 is 2.00 bits per heavy atom. The average molecular weight is 204 g/mol. The van der Waals surface area contributed by atoms with Gasteiger partial charge < -0.3 is 4.74 Å². The molecule has 0 aliphatic rings. The van der Waals surface area contributed by atoms with Crippen molar-refractivity contribution in [1.29, 1.82) is 5.26 Å². The fourth-order valence-electron chi connectivity index (χ4n) is 0.989. The summed E-state index contributed by atoms with van der Waals surface area (Å²) >= 11 is 0. The highest BCUT2D eigenvalue weighted by Gasteiger charge is 2.04. The number of nitrogens with zero attached hydrogens (tertiary/aromatic N) is 1. The van der Waals surface area contributed by atoms with Crippen LogP contribution in [0.4, 0.5) is 10.5 Å². The lowest BCUT2D eigenvalue weighted by atomic mass is 10.2. The van der Waals surface area contributed by atoms with Crippen LogP contribution in [0.5, 0.6) is 0 Å². The lowest BCUT2D eigenvalue weighted by Crippen LogP contribution is -2.17. The summed E-state index contributed by atoms with van der Waals surface area (Å²) in [5.41, 5.74) is 1.16. The number of ether oxygens (including phenoxy) is 1. The molecule has 0 aliphatic heterocycles. The molecule has 0 fully saturated rings. The Balaban J connectivity index is 2.58. The van der Waals surface area contributed by atoms with E-state index in [1.54, 1.807) is 38.1 Å². The number of carbonyl (C=O) groups is 1. The summed E-state index contributed by atoms with van der Waals surface area (Å²) in [6.45, 7) is 3.55. The van der Waals surface area contributed by atoms with E-state index in [0.29, 0.717) is 11.3 Å². The minimum Gasteiger partial charge on any atom is -0.447 e. The van der Waals surface area contributed by atoms with E-state index >= 15 is 0 Å². The van der Waals surface area contributed by atoms with Crippen molar-refractivity contribution in [3.8, 4) is 6.07 Å². The van der Waals surface area contributed by atoms with E-state index in [1.165, 1.54) is 0 Å². The zero-order valence-corrected chi connectivity index (χ0v) is 8.65. The van der Waals surface area contributed by atoms with Crippen LogP contribution in [-0.2, 0) is 4.74 Å². The van der Waals surface area contributed by atoms with Crippen molar-refractivity contribution < 1.29 is 9.53 Å². The summed E-state index contributed by atoms with van der Waals surface area (Å²) in [7, 11) is 0. The van der Waals surface area contributed by atoms with Crippen molar-refractivity contribution in [2.75, 3.05) is 5.32 Å². The van der Waals surface area contributed by atoms with Crippen LogP contribution < -0.4 is 5.32 Å². The number of amides is 1. The van der Waals surface area contributed by atoms with Crippen LogP contribution in [0.15, 0.2) is 24.3 Å². The van der Waals surface area contributed by atoms with Gasteiger partial charge >= 0.3 is 6.09 Å². The minimum atomic E-state index is -0.491. The molecule has 0 saturated heterocycles. The monoisotopic (exact) mass is 204 g/mol. The van der Waals surface area contributed by atoms with Crippen molar-refractivity contribution in [1.82, 2.24) is 0 Å². The van der Waals surface area contributed by atoms with Gasteiger partial charge in [-0.15, -0.1) is 0 Å². The van der Waals surface area contributed by atoms with Crippen LogP contribution in [0.3, 0.4) is 0 Å². The van der Waals surface area contributed by atoms with E-state index in [9.17, 15) is 4.79 Å². The van der Waals surface area contributed by atoms with Crippen molar-refractivity contribution in [2.45, 2.75) is 20.0 Å². The van der Waals surface area contributed by atoms with E-state index in [1.807, 2.05) is 6.07 Å². The van der Waals surface area contributed by atoms with Gasteiger partial charge in [-0.25, -0.2) is 4.79 Å². The molecule has 0 aromatic heterocycles. The van der Waals surface area contributed by atoms with E-state index < -0.39 is 6.09 Å². The fraction of sp³-hybridized carbons (Fsp3) is 0.273. The molecular weight excluding hydrogens is 192 g/mol. The molecule has 0 radical (unpaired) electrons. The third-order valence-electron chi connectivity index (χ3n) is 1.60. The molecule has 0 heterocycles. The van der Waals surface area contributed by atoms with Crippen LogP contribution >= 0.6 is 0 Å². The molecule has 0 bridgehead atoms. The van der Waals surface area contributed by atoms with Gasteiger partial charge in [0, 0.05) is 5.69 Å². The molecule has 0 unspecified atom stereocenters. The van der Waals surface area contributed by atoms with E-state index in [0.717, 1.165) is 0 Å². The van der Waals surface area contributed by atoms with Gasteiger partial charge in [-0.1, -0.05) is 0 Å². The number of benzene rings is 1. The zero-order valence-electron chi connectivity index (χ0n) is 8.65. The first-order valence-electron chi connectivity index (χ1n) is 4.59. The molecule has 1 rings (SSSR count). The van der Waals surface area contributed by atoms with Crippen molar-refractivity contribution in [3.63, 3.8) is 0 Å². The number of carbonyl (C=O) groups excluding carboxylic acids is 1. The summed E-state index contributed by atoms with van der Waals surface area (Å²) in [5, 5.41) is 11.1. The predicted octanol–water partition coefficient (Wildman–Crippen LogP) is 2.52. The summed E-state index contributed by atoms with van der Waals surface area (Å²) < 4.78 is 4.90. The number of rotatable bonds is 2. The van der Waals surface area contributed by atoms with Crippen molar-refractivity contribution in [2.24, 2.45) is 0 Å². The molecule has 0 saturated carbocycles. The second kappa shape index (κ2) is 5.01. The molecule has 0 atom stereocenters. The molecule has 1 amide bonds. The molecule has 0 aliphatic carbocycles. The molecule has 4 heteroatoms. The highest BCUT2D eigenvalue weighted by molar-refractivity contribution is 5.84. The molecule has 0 spiro atoms. The highest BCUT2D eigenvalue weighted by Crippen LogP contribution is 2.09. The zero-order chi connectivity index (χ0) is 11.3. The Bertz CT molecular complexity index is 377. The normalized spacial score (nSPS) is 9.47. The number of hydrogen-bond donors (Lipinski definition) is 1. The van der Waals surface area contributed by atoms with Gasteiger partial charge in [-0.3, -0.25) is 5.32 Å². The van der Waals surface area contributed by atoms with Crippen LogP contribution in [-0.4, -0.2) is 12.2 Å². The van der Waals surface area contributed by atoms with Crippen molar-refractivity contribution >= 4 is 11.8 Å². The Morgan fingerprint density at radius 3 is 2.47 bits per heavy atom. The second-order valence-electron chi connectivity index (χ2n) is 3.27. The van der Waals surface area contributed by atoms with Crippen LogP contribution in [0.25, 0.3) is 0 Å². The molecule has 15 heavy (non-hydrogen) atoms. The highest BCUT2D eigenvalue weighted by atomic mass is 16.6. The summed E-state index contributed by atoms with van der Waals surface area (Å²) in [5.74, 6) is 0. The van der Waals surface area contributed by atoms with E-state index in [4.69, 9.17) is 10.00 Å². The number of nitriles is 1. The summed E-state index contributed by atoms with van der Waals surface area (Å²) in [6.07, 6.45) is -0.641. The van der Waals surface area contributed by atoms with Gasteiger partial charge in [0.1, 0.15) is 0 Å². The maximum absolute atomic E-state index is 11.2. The standard InChI is InChI=1S/C11H12N2O2/c1-8(2)15-11(14)13-10-5-3-9(7-12)4-6-10/h3-6,8H,1-2H3,(H,13,14). The smallest absolute Gasteiger partial charge is 0.411 e. The van der Waals surface area contributed by atoms with Gasteiger partial charge in [-0.05, 0) is 38.1 Å². The average Bonchev–Trinajstić information content (AvgIpc) is 2.17. The number of anilines is 1. The van der Waals surface area contributed by atoms with Gasteiger partial charge in [0.25, 0.3) is 0 Å². The first-order chi connectivity index (χ1) is 7.11. The van der Waals surface area contributed by atoms with Crippen molar-refractivity contribution in [3.05, 3.63) is 29.8 Å². The maximum Gasteiger partial charge on any atom is 0.411 e. The van der Waals surface area contributed by atoms with Gasteiger partial charge in [0.05, 0.1) is 17.7 Å². The molecule has 1 aromatic carbocycles. The first-order valence-corrected chi connectivity index (χ1v) is 4.59. The SMILES string of the molecule is CC(C)OC(=O)Nc1ccc(C#N)cc1. The molecule has 4 nitrogen and oxygen atoms in total.